The average molecular weight is 572 g/mol. The largest absolute Gasteiger partial charge is 0.461 e. The van der Waals surface area contributed by atoms with Crippen molar-refractivity contribution in [3.8, 4) is 0 Å². The number of halogens is 2. The number of pyridine rings is 1. The molecule has 39 heavy (non-hydrogen) atoms. The molecular weight excluding hydrogens is 541 g/mol. The number of carbonyl (C=O) groups is 2. The molecule has 2 aromatic heterocycles. The van der Waals surface area contributed by atoms with Crippen LogP contribution in [0.15, 0.2) is 35.7 Å². The van der Waals surface area contributed by atoms with Crippen molar-refractivity contribution < 1.29 is 18.7 Å². The van der Waals surface area contributed by atoms with E-state index in [9.17, 15) is 14.0 Å². The normalized spacial score (nSPS) is 17.8. The van der Waals surface area contributed by atoms with Gasteiger partial charge in [-0.05, 0) is 51.1 Å². The van der Waals surface area contributed by atoms with Gasteiger partial charge in [0.15, 0.2) is 10.8 Å². The molecule has 8 nitrogen and oxygen atoms in total. The lowest BCUT2D eigenvalue weighted by molar-refractivity contribution is 0.0507. The number of anilines is 3. The lowest BCUT2D eigenvalue weighted by Crippen LogP contribution is -2.61. The van der Waals surface area contributed by atoms with Gasteiger partial charge in [0.25, 0.3) is 5.91 Å². The molecule has 5 rings (SSSR count). The summed E-state index contributed by atoms with van der Waals surface area (Å²) in [5.41, 5.74) is 2.17. The highest BCUT2D eigenvalue weighted by atomic mass is 35.5. The Kier molecular flexibility index (Phi) is 7.05. The molecule has 11 heteroatoms. The summed E-state index contributed by atoms with van der Waals surface area (Å²) in [5, 5.41) is 2.51. The summed E-state index contributed by atoms with van der Waals surface area (Å²) < 4.78 is 19.3. The van der Waals surface area contributed by atoms with Gasteiger partial charge in [-0.3, -0.25) is 4.79 Å². The number of thiazole rings is 1. The predicted molar refractivity (Wildman–Crippen MR) is 151 cm³/mol. The van der Waals surface area contributed by atoms with E-state index in [2.05, 4.69) is 23.7 Å². The second kappa shape index (κ2) is 10.1. The summed E-state index contributed by atoms with van der Waals surface area (Å²) in [5.74, 6) is -1.05. The van der Waals surface area contributed by atoms with Gasteiger partial charge >= 0.3 is 5.97 Å². The second-order valence-electron chi connectivity index (χ2n) is 11.1. The number of hydrogen-bond donors (Lipinski definition) is 0. The molecule has 1 saturated heterocycles. The number of hydrogen-bond acceptors (Lipinski definition) is 8. The minimum atomic E-state index is -0.506. The van der Waals surface area contributed by atoms with Crippen molar-refractivity contribution in [2.75, 3.05) is 42.6 Å². The van der Waals surface area contributed by atoms with Crippen molar-refractivity contribution in [1.82, 2.24) is 14.9 Å². The summed E-state index contributed by atoms with van der Waals surface area (Å²) in [4.78, 5) is 41.1. The van der Waals surface area contributed by atoms with E-state index in [4.69, 9.17) is 21.3 Å². The Morgan fingerprint density at radius 2 is 1.85 bits per heavy atom. The molecule has 0 unspecified atom stereocenters. The minimum absolute atomic E-state index is 0.0773. The first-order valence-electron chi connectivity index (χ1n) is 12.8. The van der Waals surface area contributed by atoms with E-state index in [1.54, 1.807) is 30.5 Å². The van der Waals surface area contributed by atoms with Gasteiger partial charge in [0.2, 0.25) is 0 Å². The molecule has 1 aromatic carbocycles. The SMILES string of the molecule is CCOC(=O)c1csc(N2CCN(C(=O)c3ccc4c(n3)C(C)(C)CN4c3ccc(Cl)c(F)c3)C(C)(C)C2)n1. The number of carbonyl (C=O) groups excluding carboxylic acids is 2. The summed E-state index contributed by atoms with van der Waals surface area (Å²) in [6.07, 6.45) is 0. The maximum atomic E-state index is 14.2. The van der Waals surface area contributed by atoms with Crippen molar-refractivity contribution in [1.29, 1.82) is 0 Å². The highest BCUT2D eigenvalue weighted by Crippen LogP contribution is 2.44. The maximum absolute atomic E-state index is 14.2. The number of esters is 1. The van der Waals surface area contributed by atoms with Crippen LogP contribution in [0.5, 0.6) is 0 Å². The van der Waals surface area contributed by atoms with Crippen molar-refractivity contribution in [3.63, 3.8) is 0 Å². The van der Waals surface area contributed by atoms with E-state index < -0.39 is 17.3 Å². The summed E-state index contributed by atoms with van der Waals surface area (Å²) in [7, 11) is 0. The van der Waals surface area contributed by atoms with Crippen LogP contribution in [0, 0.1) is 5.82 Å². The van der Waals surface area contributed by atoms with Gasteiger partial charge in [0.1, 0.15) is 11.5 Å². The molecule has 0 aliphatic carbocycles. The van der Waals surface area contributed by atoms with Crippen LogP contribution in [-0.2, 0) is 10.2 Å². The molecule has 1 amide bonds. The lowest BCUT2D eigenvalue weighted by Gasteiger charge is -2.47. The Hall–Kier alpha value is -3.24. The fraction of sp³-hybridized carbons (Fsp3) is 0.429. The molecule has 0 atom stereocenters. The van der Waals surface area contributed by atoms with Gasteiger partial charge in [-0.15, -0.1) is 11.3 Å². The number of piperazine rings is 1. The quantitative estimate of drug-likeness (QED) is 0.365. The van der Waals surface area contributed by atoms with E-state index in [-0.39, 0.29) is 16.3 Å². The van der Waals surface area contributed by atoms with Crippen LogP contribution < -0.4 is 9.80 Å². The van der Waals surface area contributed by atoms with E-state index in [0.29, 0.717) is 49.9 Å². The molecule has 206 valence electrons. The van der Waals surface area contributed by atoms with Crippen LogP contribution in [0.25, 0.3) is 0 Å². The molecule has 4 heterocycles. The minimum Gasteiger partial charge on any atom is -0.461 e. The molecule has 2 aliphatic rings. The zero-order chi connectivity index (χ0) is 28.1. The van der Waals surface area contributed by atoms with Gasteiger partial charge in [0, 0.05) is 42.7 Å². The van der Waals surface area contributed by atoms with E-state index >= 15 is 0 Å². The second-order valence-corrected chi connectivity index (χ2v) is 12.3. The molecule has 3 aromatic rings. The van der Waals surface area contributed by atoms with Crippen molar-refractivity contribution >= 4 is 51.3 Å². The number of ether oxygens (including phenoxy) is 1. The molecule has 0 bridgehead atoms. The fourth-order valence-electron chi connectivity index (χ4n) is 5.27. The zero-order valence-corrected chi connectivity index (χ0v) is 24.2. The molecule has 0 N–H and O–H groups in total. The molecular formula is C28H31ClFN5O3S. The Bertz CT molecular complexity index is 1440. The number of amides is 1. The van der Waals surface area contributed by atoms with Crippen LogP contribution in [0.4, 0.5) is 20.9 Å². The Morgan fingerprint density at radius 1 is 1.08 bits per heavy atom. The highest BCUT2D eigenvalue weighted by molar-refractivity contribution is 7.13. The lowest BCUT2D eigenvalue weighted by atomic mass is 9.91. The molecule has 0 radical (unpaired) electrons. The first kappa shape index (κ1) is 27.3. The van der Waals surface area contributed by atoms with Gasteiger partial charge in [-0.25, -0.2) is 19.2 Å². The summed E-state index contributed by atoms with van der Waals surface area (Å²) >= 11 is 7.29. The van der Waals surface area contributed by atoms with E-state index in [1.165, 1.54) is 17.4 Å². The van der Waals surface area contributed by atoms with Crippen LogP contribution in [0.1, 0.15) is 61.3 Å². The first-order valence-corrected chi connectivity index (χ1v) is 14.1. The number of rotatable bonds is 5. The molecule has 0 spiro atoms. The monoisotopic (exact) mass is 571 g/mol. The third kappa shape index (κ3) is 5.07. The van der Waals surface area contributed by atoms with Crippen LogP contribution >= 0.6 is 22.9 Å². The maximum Gasteiger partial charge on any atom is 0.357 e. The van der Waals surface area contributed by atoms with Crippen LogP contribution in [0.2, 0.25) is 5.02 Å². The van der Waals surface area contributed by atoms with Crippen molar-refractivity contribution in [2.24, 2.45) is 0 Å². The van der Waals surface area contributed by atoms with Crippen molar-refractivity contribution in [2.45, 2.75) is 45.6 Å². The van der Waals surface area contributed by atoms with Gasteiger partial charge in [0.05, 0.1) is 28.5 Å². The van der Waals surface area contributed by atoms with E-state index in [0.717, 1.165) is 16.5 Å². The Morgan fingerprint density at radius 3 is 2.54 bits per heavy atom. The van der Waals surface area contributed by atoms with Gasteiger partial charge < -0.3 is 19.4 Å². The van der Waals surface area contributed by atoms with E-state index in [1.807, 2.05) is 29.7 Å². The third-order valence-electron chi connectivity index (χ3n) is 7.19. The Labute approximate surface area is 236 Å². The van der Waals surface area contributed by atoms with Crippen LogP contribution in [0.3, 0.4) is 0 Å². The third-order valence-corrected chi connectivity index (χ3v) is 8.40. The molecule has 0 saturated carbocycles. The topological polar surface area (TPSA) is 78.9 Å². The van der Waals surface area contributed by atoms with Gasteiger partial charge in [-0.2, -0.15) is 0 Å². The Balaban J connectivity index is 1.36. The zero-order valence-electron chi connectivity index (χ0n) is 22.6. The first-order chi connectivity index (χ1) is 18.4. The predicted octanol–water partition coefficient (Wildman–Crippen LogP) is 5.68. The highest BCUT2D eigenvalue weighted by Gasteiger charge is 2.41. The fourth-order valence-corrected chi connectivity index (χ4v) is 6.21. The summed E-state index contributed by atoms with van der Waals surface area (Å²) in [6.45, 7) is 12.5. The number of benzene rings is 1. The number of fused-ring (bicyclic) bond motifs is 1. The summed E-state index contributed by atoms with van der Waals surface area (Å²) in [6, 6.07) is 8.40. The molecule has 1 fully saturated rings. The van der Waals surface area contributed by atoms with Crippen LogP contribution in [-0.4, -0.2) is 65.1 Å². The van der Waals surface area contributed by atoms with Gasteiger partial charge in [-0.1, -0.05) is 25.4 Å². The average Bonchev–Trinajstić information content (AvgIpc) is 3.48. The smallest absolute Gasteiger partial charge is 0.357 e. The standard InChI is InChI=1S/C28H31ClFN5O3S/c1-6-38-25(37)21-14-39-26(32-21)33-11-12-35(28(4,5)16-33)24(36)20-9-10-22-23(31-20)27(2,3)15-34(22)17-7-8-18(29)19(30)13-17/h7-10,13-14H,6,11-12,15-16H2,1-5H3. The number of aromatic nitrogens is 2. The number of nitrogens with zero attached hydrogens (tertiary/aromatic N) is 5. The van der Waals surface area contributed by atoms with Crippen molar-refractivity contribution in [3.05, 3.63) is 63.6 Å². The molecule has 2 aliphatic heterocycles.